The lowest BCUT2D eigenvalue weighted by Crippen LogP contribution is -2.36. The van der Waals surface area contributed by atoms with E-state index in [9.17, 15) is 14.0 Å². The van der Waals surface area contributed by atoms with Crippen LogP contribution in [0.2, 0.25) is 0 Å². The fraction of sp³-hybridized carbons (Fsp3) is 0.125. The summed E-state index contributed by atoms with van der Waals surface area (Å²) >= 11 is 0. The Morgan fingerprint density at radius 3 is 2.52 bits per heavy atom. The molecule has 0 saturated carbocycles. The number of hydrogen-bond donors (Lipinski definition) is 1. The summed E-state index contributed by atoms with van der Waals surface area (Å²) in [6.45, 7) is 0.393. The van der Waals surface area contributed by atoms with E-state index in [4.69, 9.17) is 5.73 Å². The molecule has 106 valence electrons. The van der Waals surface area contributed by atoms with Gasteiger partial charge in [0, 0.05) is 5.69 Å². The van der Waals surface area contributed by atoms with Gasteiger partial charge in [0.25, 0.3) is 5.91 Å². The predicted octanol–water partition coefficient (Wildman–Crippen LogP) is 2.01. The Morgan fingerprint density at radius 2 is 1.86 bits per heavy atom. The molecule has 1 heterocycles. The maximum absolute atomic E-state index is 13.8. The van der Waals surface area contributed by atoms with Gasteiger partial charge in [0.05, 0.1) is 18.5 Å². The van der Waals surface area contributed by atoms with Crippen LogP contribution >= 0.6 is 0 Å². The lowest BCUT2D eigenvalue weighted by Gasteiger charge is -2.29. The largest absolute Gasteiger partial charge is 0.366 e. The Morgan fingerprint density at radius 1 is 1.14 bits per heavy atom. The molecular formula is C16H13FN2O2. The van der Waals surface area contributed by atoms with Crippen molar-refractivity contribution < 1.29 is 14.0 Å². The standard InChI is InChI=1S/C16H13FN2O2/c17-14-8-12(5-6-13(14)16(18)21)19-9-11-4-2-1-3-10(11)7-15(19)20/h1-6,8H,7,9H2,(H2,18,21). The molecule has 5 heteroatoms. The minimum Gasteiger partial charge on any atom is -0.366 e. The lowest BCUT2D eigenvalue weighted by atomic mass is 9.98. The zero-order chi connectivity index (χ0) is 15.0. The van der Waals surface area contributed by atoms with Crippen molar-refractivity contribution in [3.8, 4) is 0 Å². The summed E-state index contributed by atoms with van der Waals surface area (Å²) in [6, 6.07) is 11.7. The molecule has 2 aromatic rings. The summed E-state index contributed by atoms with van der Waals surface area (Å²) in [5.74, 6) is -1.64. The number of anilines is 1. The molecule has 0 atom stereocenters. The van der Waals surface area contributed by atoms with Gasteiger partial charge >= 0.3 is 0 Å². The Kier molecular flexibility index (Phi) is 3.17. The van der Waals surface area contributed by atoms with Crippen LogP contribution in [0.5, 0.6) is 0 Å². The molecule has 2 N–H and O–H groups in total. The van der Waals surface area contributed by atoms with Crippen LogP contribution in [0, 0.1) is 5.82 Å². The topological polar surface area (TPSA) is 63.4 Å². The first kappa shape index (κ1) is 13.3. The lowest BCUT2D eigenvalue weighted by molar-refractivity contribution is -0.118. The molecule has 0 radical (unpaired) electrons. The number of nitrogens with zero attached hydrogens (tertiary/aromatic N) is 1. The SMILES string of the molecule is NC(=O)c1ccc(N2Cc3ccccc3CC2=O)cc1F. The summed E-state index contributed by atoms with van der Waals surface area (Å²) in [5.41, 5.74) is 7.36. The zero-order valence-corrected chi connectivity index (χ0v) is 11.2. The second kappa shape index (κ2) is 5.01. The van der Waals surface area contributed by atoms with Crippen molar-refractivity contribution >= 4 is 17.5 Å². The highest BCUT2D eigenvalue weighted by molar-refractivity contribution is 5.98. The van der Waals surface area contributed by atoms with Gasteiger partial charge in [0.2, 0.25) is 5.91 Å². The molecule has 1 aliphatic heterocycles. The monoisotopic (exact) mass is 284 g/mol. The molecule has 0 aromatic heterocycles. The van der Waals surface area contributed by atoms with Crippen molar-refractivity contribution in [3.63, 3.8) is 0 Å². The van der Waals surface area contributed by atoms with Gasteiger partial charge in [-0.15, -0.1) is 0 Å². The molecule has 3 rings (SSSR count). The average Bonchev–Trinajstić information content (AvgIpc) is 2.46. The number of nitrogens with two attached hydrogens (primary N) is 1. The van der Waals surface area contributed by atoms with Crippen LogP contribution in [-0.4, -0.2) is 11.8 Å². The van der Waals surface area contributed by atoms with Gasteiger partial charge in [0.1, 0.15) is 5.82 Å². The highest BCUT2D eigenvalue weighted by Gasteiger charge is 2.24. The predicted molar refractivity (Wildman–Crippen MR) is 76.3 cm³/mol. The van der Waals surface area contributed by atoms with Crippen LogP contribution < -0.4 is 10.6 Å². The highest BCUT2D eigenvalue weighted by Crippen LogP contribution is 2.26. The molecule has 0 spiro atoms. The van der Waals surface area contributed by atoms with E-state index in [1.54, 1.807) is 0 Å². The van der Waals surface area contributed by atoms with E-state index < -0.39 is 11.7 Å². The van der Waals surface area contributed by atoms with Crippen molar-refractivity contribution in [3.05, 3.63) is 65.0 Å². The normalized spacial score (nSPS) is 14.0. The van der Waals surface area contributed by atoms with Crippen LogP contribution in [0.25, 0.3) is 0 Å². The number of benzene rings is 2. The molecule has 2 aromatic carbocycles. The van der Waals surface area contributed by atoms with Crippen molar-refractivity contribution in [2.45, 2.75) is 13.0 Å². The van der Waals surface area contributed by atoms with E-state index in [0.29, 0.717) is 12.2 Å². The molecular weight excluding hydrogens is 271 g/mol. The van der Waals surface area contributed by atoms with Gasteiger partial charge in [-0.05, 0) is 29.3 Å². The number of carbonyl (C=O) groups is 2. The second-order valence-corrected chi connectivity index (χ2v) is 4.95. The van der Waals surface area contributed by atoms with Crippen LogP contribution in [0.3, 0.4) is 0 Å². The van der Waals surface area contributed by atoms with Gasteiger partial charge in [-0.25, -0.2) is 4.39 Å². The zero-order valence-electron chi connectivity index (χ0n) is 11.2. The van der Waals surface area contributed by atoms with Gasteiger partial charge < -0.3 is 10.6 Å². The second-order valence-electron chi connectivity index (χ2n) is 4.95. The average molecular weight is 284 g/mol. The van der Waals surface area contributed by atoms with E-state index in [-0.39, 0.29) is 17.9 Å². The van der Waals surface area contributed by atoms with Crippen LogP contribution in [0.1, 0.15) is 21.5 Å². The Balaban J connectivity index is 1.96. The van der Waals surface area contributed by atoms with Gasteiger partial charge in [-0.2, -0.15) is 0 Å². The van der Waals surface area contributed by atoms with Crippen LogP contribution in [0.4, 0.5) is 10.1 Å². The Labute approximate surface area is 121 Å². The molecule has 2 amide bonds. The summed E-state index contributed by atoms with van der Waals surface area (Å²) in [5, 5.41) is 0. The quantitative estimate of drug-likeness (QED) is 0.917. The molecule has 0 bridgehead atoms. The molecule has 4 nitrogen and oxygen atoms in total. The molecule has 0 fully saturated rings. The van der Waals surface area contributed by atoms with Crippen molar-refractivity contribution in [1.82, 2.24) is 0 Å². The Hall–Kier alpha value is -2.69. The number of hydrogen-bond acceptors (Lipinski definition) is 2. The summed E-state index contributed by atoms with van der Waals surface area (Å²) in [7, 11) is 0. The smallest absolute Gasteiger partial charge is 0.251 e. The third-order valence-electron chi connectivity index (χ3n) is 3.62. The van der Waals surface area contributed by atoms with E-state index >= 15 is 0 Å². The highest BCUT2D eigenvalue weighted by atomic mass is 19.1. The fourth-order valence-corrected chi connectivity index (χ4v) is 2.51. The molecule has 1 aliphatic rings. The van der Waals surface area contributed by atoms with E-state index in [2.05, 4.69) is 0 Å². The minimum absolute atomic E-state index is 0.0973. The molecule has 0 saturated heterocycles. The number of carbonyl (C=O) groups excluding carboxylic acids is 2. The summed E-state index contributed by atoms with van der Waals surface area (Å²) < 4.78 is 13.8. The number of rotatable bonds is 2. The third-order valence-corrected chi connectivity index (χ3v) is 3.62. The maximum Gasteiger partial charge on any atom is 0.251 e. The van der Waals surface area contributed by atoms with E-state index in [0.717, 1.165) is 11.1 Å². The number of fused-ring (bicyclic) bond motifs is 1. The van der Waals surface area contributed by atoms with Crippen molar-refractivity contribution in [1.29, 1.82) is 0 Å². The summed E-state index contributed by atoms with van der Waals surface area (Å²) in [6.07, 6.45) is 0.287. The van der Waals surface area contributed by atoms with Gasteiger partial charge in [-0.3, -0.25) is 9.59 Å². The number of primary amides is 1. The van der Waals surface area contributed by atoms with Crippen LogP contribution in [0.15, 0.2) is 42.5 Å². The number of halogens is 1. The summed E-state index contributed by atoms with van der Waals surface area (Å²) in [4.78, 5) is 24.7. The first-order valence-electron chi connectivity index (χ1n) is 6.53. The molecule has 21 heavy (non-hydrogen) atoms. The van der Waals surface area contributed by atoms with Crippen molar-refractivity contribution in [2.24, 2.45) is 5.73 Å². The van der Waals surface area contributed by atoms with Gasteiger partial charge in [-0.1, -0.05) is 24.3 Å². The van der Waals surface area contributed by atoms with Gasteiger partial charge in [0.15, 0.2) is 0 Å². The van der Waals surface area contributed by atoms with Crippen LogP contribution in [-0.2, 0) is 17.8 Å². The number of amides is 2. The van der Waals surface area contributed by atoms with Crippen molar-refractivity contribution in [2.75, 3.05) is 4.90 Å². The fourth-order valence-electron chi connectivity index (χ4n) is 2.51. The minimum atomic E-state index is -0.825. The van der Waals surface area contributed by atoms with E-state index in [1.807, 2.05) is 24.3 Å². The maximum atomic E-state index is 13.8. The Bertz CT molecular complexity index is 743. The first-order chi connectivity index (χ1) is 10.1. The first-order valence-corrected chi connectivity index (χ1v) is 6.53. The molecule has 0 aliphatic carbocycles. The third kappa shape index (κ3) is 2.38. The van der Waals surface area contributed by atoms with E-state index in [1.165, 1.54) is 23.1 Å². The molecule has 0 unspecified atom stereocenters.